The van der Waals surface area contributed by atoms with E-state index in [0.29, 0.717) is 0 Å². The van der Waals surface area contributed by atoms with Crippen LogP contribution in [0.1, 0.15) is 25.1 Å². The number of ether oxygens (including phenoxy) is 1. The lowest BCUT2D eigenvalue weighted by atomic mass is 10.1. The molecular weight excluding hydrogens is 214 g/mol. The lowest BCUT2D eigenvalue weighted by molar-refractivity contribution is 0.159. The summed E-state index contributed by atoms with van der Waals surface area (Å²) < 4.78 is 7.60. The molecule has 1 aliphatic carbocycles. The topological polar surface area (TPSA) is 30.3 Å². The van der Waals surface area contributed by atoms with Gasteiger partial charge in [-0.1, -0.05) is 0 Å². The molecule has 2 heterocycles. The second-order valence-electron chi connectivity index (χ2n) is 5.34. The predicted molar refractivity (Wildman–Crippen MR) is 65.6 cm³/mol. The number of imidazole rings is 1. The minimum Gasteiger partial charge on any atom is -0.381 e. The van der Waals surface area contributed by atoms with Crippen molar-refractivity contribution in [3.05, 3.63) is 18.2 Å². The predicted octanol–water partition coefficient (Wildman–Crippen LogP) is 1.42. The molecule has 1 unspecified atom stereocenters. The van der Waals surface area contributed by atoms with Crippen molar-refractivity contribution in [3.63, 3.8) is 0 Å². The highest BCUT2D eigenvalue weighted by molar-refractivity contribution is 4.95. The van der Waals surface area contributed by atoms with Gasteiger partial charge < -0.3 is 9.30 Å². The van der Waals surface area contributed by atoms with Crippen LogP contribution in [0.15, 0.2) is 12.4 Å². The maximum atomic E-state index is 5.47. The van der Waals surface area contributed by atoms with Gasteiger partial charge in [0, 0.05) is 38.6 Å². The molecule has 0 N–H and O–H groups in total. The Morgan fingerprint density at radius 3 is 2.94 bits per heavy atom. The SMILES string of the molecule is Cn1ccnc1CN(CC1CCOC1)C1CC1. The molecule has 0 spiro atoms. The number of rotatable bonds is 5. The number of nitrogens with zero attached hydrogens (tertiary/aromatic N) is 3. The van der Waals surface area contributed by atoms with Crippen LogP contribution in [0.2, 0.25) is 0 Å². The van der Waals surface area contributed by atoms with Gasteiger partial charge in [-0.05, 0) is 25.2 Å². The summed E-state index contributed by atoms with van der Waals surface area (Å²) in [6, 6.07) is 0.798. The monoisotopic (exact) mass is 235 g/mol. The Bertz CT molecular complexity index is 366. The van der Waals surface area contributed by atoms with Gasteiger partial charge in [-0.15, -0.1) is 0 Å². The lowest BCUT2D eigenvalue weighted by Crippen LogP contribution is -2.32. The molecule has 4 heteroatoms. The van der Waals surface area contributed by atoms with Gasteiger partial charge >= 0.3 is 0 Å². The lowest BCUT2D eigenvalue weighted by Gasteiger charge is -2.24. The van der Waals surface area contributed by atoms with E-state index in [9.17, 15) is 0 Å². The first-order chi connectivity index (χ1) is 8.33. The maximum absolute atomic E-state index is 5.47. The number of hydrogen-bond donors (Lipinski definition) is 0. The molecule has 94 valence electrons. The molecule has 2 aliphatic rings. The third-order valence-corrected chi connectivity index (χ3v) is 3.85. The Balaban J connectivity index is 1.61. The molecule has 1 saturated carbocycles. The molecule has 17 heavy (non-hydrogen) atoms. The molecule has 1 saturated heterocycles. The summed E-state index contributed by atoms with van der Waals surface area (Å²) in [7, 11) is 2.08. The molecule has 0 radical (unpaired) electrons. The average molecular weight is 235 g/mol. The van der Waals surface area contributed by atoms with Crippen LogP contribution in [-0.4, -0.2) is 40.3 Å². The second-order valence-corrected chi connectivity index (χ2v) is 5.34. The Labute approximate surface area is 103 Å². The minimum atomic E-state index is 0.732. The Morgan fingerprint density at radius 1 is 1.47 bits per heavy atom. The Hall–Kier alpha value is -0.870. The largest absolute Gasteiger partial charge is 0.381 e. The van der Waals surface area contributed by atoms with Gasteiger partial charge in [0.2, 0.25) is 0 Å². The number of aromatic nitrogens is 2. The molecule has 1 aromatic heterocycles. The third kappa shape index (κ3) is 2.69. The van der Waals surface area contributed by atoms with Crippen LogP contribution in [-0.2, 0) is 18.3 Å². The molecule has 0 amide bonds. The highest BCUT2D eigenvalue weighted by Crippen LogP contribution is 2.30. The summed E-state index contributed by atoms with van der Waals surface area (Å²) in [5.74, 6) is 1.91. The van der Waals surface area contributed by atoms with Crippen LogP contribution in [0.3, 0.4) is 0 Å². The van der Waals surface area contributed by atoms with Gasteiger partial charge in [-0.3, -0.25) is 4.90 Å². The molecular formula is C13H21N3O. The Morgan fingerprint density at radius 2 is 2.35 bits per heavy atom. The summed E-state index contributed by atoms with van der Waals surface area (Å²) in [5, 5.41) is 0. The van der Waals surface area contributed by atoms with Crippen LogP contribution < -0.4 is 0 Å². The van der Waals surface area contributed by atoms with E-state index in [0.717, 1.165) is 31.7 Å². The Kier molecular flexibility index (Phi) is 3.16. The van der Waals surface area contributed by atoms with Crippen LogP contribution in [0.4, 0.5) is 0 Å². The van der Waals surface area contributed by atoms with Crippen LogP contribution in [0.25, 0.3) is 0 Å². The van der Waals surface area contributed by atoms with Gasteiger partial charge in [0.1, 0.15) is 5.82 Å². The van der Waals surface area contributed by atoms with E-state index in [1.165, 1.54) is 31.6 Å². The molecule has 0 bridgehead atoms. The summed E-state index contributed by atoms with van der Waals surface area (Å²) >= 11 is 0. The van der Waals surface area contributed by atoms with Gasteiger partial charge in [0.05, 0.1) is 13.2 Å². The molecule has 0 aromatic carbocycles. The fraction of sp³-hybridized carbons (Fsp3) is 0.769. The van der Waals surface area contributed by atoms with E-state index in [4.69, 9.17) is 4.74 Å². The van der Waals surface area contributed by atoms with Crippen molar-refractivity contribution < 1.29 is 4.74 Å². The second kappa shape index (κ2) is 4.78. The molecule has 4 nitrogen and oxygen atoms in total. The van der Waals surface area contributed by atoms with E-state index in [2.05, 4.69) is 21.5 Å². The quantitative estimate of drug-likeness (QED) is 0.773. The zero-order chi connectivity index (χ0) is 11.7. The minimum absolute atomic E-state index is 0.732. The van der Waals surface area contributed by atoms with Crippen LogP contribution >= 0.6 is 0 Å². The zero-order valence-electron chi connectivity index (χ0n) is 10.5. The van der Waals surface area contributed by atoms with E-state index in [1.807, 2.05) is 12.4 Å². The first-order valence-corrected chi connectivity index (χ1v) is 6.61. The fourth-order valence-electron chi connectivity index (χ4n) is 2.57. The number of aryl methyl sites for hydroxylation is 1. The average Bonchev–Trinajstić information content (AvgIpc) is 2.91. The van der Waals surface area contributed by atoms with Gasteiger partial charge in [-0.25, -0.2) is 4.98 Å². The molecule has 1 atom stereocenters. The zero-order valence-corrected chi connectivity index (χ0v) is 10.5. The molecule has 3 rings (SSSR count). The van der Waals surface area contributed by atoms with Gasteiger partial charge in [0.15, 0.2) is 0 Å². The van der Waals surface area contributed by atoms with Crippen molar-refractivity contribution in [2.24, 2.45) is 13.0 Å². The summed E-state index contributed by atoms with van der Waals surface area (Å²) in [6.45, 7) is 4.07. The standard InChI is InChI=1S/C13H21N3O/c1-15-6-5-14-13(15)9-16(12-2-3-12)8-11-4-7-17-10-11/h5-6,11-12H,2-4,7-10H2,1H3. The van der Waals surface area contributed by atoms with Crippen molar-refractivity contribution in [2.45, 2.75) is 31.8 Å². The van der Waals surface area contributed by atoms with Crippen LogP contribution in [0.5, 0.6) is 0 Å². The highest BCUT2D eigenvalue weighted by Gasteiger charge is 2.32. The van der Waals surface area contributed by atoms with Crippen LogP contribution in [0, 0.1) is 5.92 Å². The third-order valence-electron chi connectivity index (χ3n) is 3.85. The highest BCUT2D eigenvalue weighted by atomic mass is 16.5. The van der Waals surface area contributed by atoms with Crippen molar-refractivity contribution in [1.29, 1.82) is 0 Å². The number of hydrogen-bond acceptors (Lipinski definition) is 3. The van der Waals surface area contributed by atoms with E-state index < -0.39 is 0 Å². The van der Waals surface area contributed by atoms with E-state index in [1.54, 1.807) is 0 Å². The van der Waals surface area contributed by atoms with E-state index >= 15 is 0 Å². The summed E-state index contributed by atoms with van der Waals surface area (Å²) in [4.78, 5) is 7.03. The van der Waals surface area contributed by atoms with Crippen molar-refractivity contribution in [3.8, 4) is 0 Å². The molecule has 1 aromatic rings. The molecule has 1 aliphatic heterocycles. The van der Waals surface area contributed by atoms with Crippen molar-refractivity contribution >= 4 is 0 Å². The van der Waals surface area contributed by atoms with Gasteiger partial charge in [-0.2, -0.15) is 0 Å². The van der Waals surface area contributed by atoms with Gasteiger partial charge in [0.25, 0.3) is 0 Å². The molecule has 2 fully saturated rings. The summed E-state index contributed by atoms with van der Waals surface area (Å²) in [6.07, 6.45) is 7.86. The smallest absolute Gasteiger partial charge is 0.122 e. The first kappa shape index (κ1) is 11.2. The van der Waals surface area contributed by atoms with E-state index in [-0.39, 0.29) is 0 Å². The van der Waals surface area contributed by atoms with Crippen molar-refractivity contribution in [2.75, 3.05) is 19.8 Å². The normalized spacial score (nSPS) is 24.7. The maximum Gasteiger partial charge on any atom is 0.122 e. The van der Waals surface area contributed by atoms with Crippen molar-refractivity contribution in [1.82, 2.24) is 14.5 Å². The summed E-state index contributed by atoms with van der Waals surface area (Å²) in [5.41, 5.74) is 0. The fourth-order valence-corrected chi connectivity index (χ4v) is 2.57. The first-order valence-electron chi connectivity index (χ1n) is 6.61.